The van der Waals surface area contributed by atoms with Crippen LogP contribution < -0.4 is 15.9 Å². The van der Waals surface area contributed by atoms with Crippen molar-refractivity contribution in [2.24, 2.45) is 0 Å². The van der Waals surface area contributed by atoms with Gasteiger partial charge in [0.25, 0.3) is 0 Å². The number of hydrogen-bond acceptors (Lipinski definition) is 3. The van der Waals surface area contributed by atoms with Crippen molar-refractivity contribution >= 4 is 44.9 Å². The first-order chi connectivity index (χ1) is 25.2. The van der Waals surface area contributed by atoms with Crippen LogP contribution in [0.25, 0.3) is 72.5 Å². The first-order valence-electron chi connectivity index (χ1n) is 17.1. The first-order valence-corrected chi connectivity index (χ1v) is 18.8. The summed E-state index contributed by atoms with van der Waals surface area (Å²) in [5, 5.41) is 4.94. The zero-order chi connectivity index (χ0) is 33.9. The van der Waals surface area contributed by atoms with Crippen LogP contribution in [0.1, 0.15) is 0 Å². The molecule has 4 nitrogen and oxygen atoms in total. The van der Waals surface area contributed by atoms with E-state index in [9.17, 15) is 0 Å². The number of benzene rings is 7. The Hall–Kier alpha value is -6.35. The molecule has 240 valence electrons. The topological polar surface area (TPSA) is 47.8 Å². The summed E-state index contributed by atoms with van der Waals surface area (Å²) >= 11 is 0. The van der Waals surface area contributed by atoms with E-state index in [0.717, 1.165) is 82.6 Å². The zero-order valence-electron chi connectivity index (χ0n) is 27.5. The second-order valence-electron chi connectivity index (χ2n) is 12.9. The fraction of sp³-hybridized carbons (Fsp3) is 0. The Labute approximate surface area is 295 Å². The average molecular weight is 672 g/mol. The monoisotopic (exact) mass is 671 g/mol. The molecule has 9 aromatic rings. The van der Waals surface area contributed by atoms with Crippen LogP contribution in [0.5, 0.6) is 0 Å². The fourth-order valence-electron chi connectivity index (χ4n) is 7.70. The quantitative estimate of drug-likeness (QED) is 0.171. The van der Waals surface area contributed by atoms with E-state index >= 15 is 4.57 Å². The third-order valence-corrected chi connectivity index (χ3v) is 13.2. The van der Waals surface area contributed by atoms with Crippen molar-refractivity contribution < 1.29 is 4.57 Å². The Morgan fingerprint density at radius 2 is 1.06 bits per heavy atom. The lowest BCUT2D eigenvalue weighted by molar-refractivity contribution is 0.593. The number of rotatable bonds is 5. The highest BCUT2D eigenvalue weighted by Gasteiger charge is 2.41. The van der Waals surface area contributed by atoms with Gasteiger partial charge >= 0.3 is 0 Å². The summed E-state index contributed by atoms with van der Waals surface area (Å²) in [6.45, 7) is 0. The molecular weight excluding hydrogens is 642 g/mol. The van der Waals surface area contributed by atoms with Crippen LogP contribution in [0.2, 0.25) is 0 Å². The molecule has 0 spiro atoms. The van der Waals surface area contributed by atoms with Crippen molar-refractivity contribution in [3.63, 3.8) is 0 Å². The summed E-state index contributed by atoms with van der Waals surface area (Å²) in [5.74, 6) is 0.669. The van der Waals surface area contributed by atoms with Gasteiger partial charge in [-0.05, 0) is 48.0 Å². The molecule has 3 heterocycles. The van der Waals surface area contributed by atoms with E-state index in [4.69, 9.17) is 9.97 Å². The molecule has 51 heavy (non-hydrogen) atoms. The zero-order valence-corrected chi connectivity index (χ0v) is 28.4. The van der Waals surface area contributed by atoms with Crippen LogP contribution in [-0.2, 0) is 4.57 Å². The molecule has 0 aliphatic carbocycles. The second-order valence-corrected chi connectivity index (χ2v) is 15.6. The summed E-state index contributed by atoms with van der Waals surface area (Å²) in [4.78, 5) is 10.1. The van der Waals surface area contributed by atoms with Gasteiger partial charge in [-0.25, -0.2) is 9.97 Å². The summed E-state index contributed by atoms with van der Waals surface area (Å²) in [6.07, 6.45) is 0. The molecule has 0 radical (unpaired) electrons. The highest BCUT2D eigenvalue weighted by molar-refractivity contribution is 7.86. The van der Waals surface area contributed by atoms with Gasteiger partial charge in [-0.1, -0.05) is 140 Å². The number of fused-ring (bicyclic) bond motifs is 7. The summed E-state index contributed by atoms with van der Waals surface area (Å²) in [5.41, 5.74) is 10.0. The lowest BCUT2D eigenvalue weighted by Crippen LogP contribution is -2.20. The van der Waals surface area contributed by atoms with E-state index in [1.54, 1.807) is 0 Å². The molecule has 1 atom stereocenters. The SMILES string of the molecule is O=P1(c2ccccc2)c2ccccc2-c2c1ccc1c3ccccc3n(-c3ccc(-c4nc(-c5ccccc5)cc(-c5ccccc5)n4)cc3)c21. The normalized spacial score (nSPS) is 14.8. The third kappa shape index (κ3) is 4.58. The van der Waals surface area contributed by atoms with Gasteiger partial charge in [0.1, 0.15) is 0 Å². The predicted octanol–water partition coefficient (Wildman–Crippen LogP) is 10.2. The Morgan fingerprint density at radius 1 is 0.471 bits per heavy atom. The average Bonchev–Trinajstić information content (AvgIpc) is 3.69. The van der Waals surface area contributed by atoms with Crippen LogP contribution in [0.4, 0.5) is 0 Å². The van der Waals surface area contributed by atoms with Gasteiger partial charge < -0.3 is 9.13 Å². The Balaban J connectivity index is 1.18. The molecule has 0 bridgehead atoms. The number of hydrogen-bond donors (Lipinski definition) is 0. The van der Waals surface area contributed by atoms with Gasteiger partial charge in [-0.3, -0.25) is 0 Å². The minimum Gasteiger partial charge on any atom is -0.309 e. The lowest BCUT2D eigenvalue weighted by Gasteiger charge is -2.16. The Bertz CT molecular complexity index is 2750. The van der Waals surface area contributed by atoms with Crippen molar-refractivity contribution in [2.75, 3.05) is 0 Å². The van der Waals surface area contributed by atoms with Crippen LogP contribution in [-0.4, -0.2) is 14.5 Å². The Morgan fingerprint density at radius 3 is 1.75 bits per heavy atom. The maximum absolute atomic E-state index is 15.4. The van der Waals surface area contributed by atoms with Crippen molar-refractivity contribution in [1.29, 1.82) is 0 Å². The van der Waals surface area contributed by atoms with Crippen LogP contribution in [0.3, 0.4) is 0 Å². The molecule has 1 aliphatic rings. The van der Waals surface area contributed by atoms with E-state index in [0.29, 0.717) is 5.82 Å². The maximum atomic E-state index is 15.4. The van der Waals surface area contributed by atoms with Gasteiger partial charge in [0.05, 0.1) is 22.4 Å². The number of para-hydroxylation sites is 1. The van der Waals surface area contributed by atoms with Gasteiger partial charge in [0.2, 0.25) is 0 Å². The lowest BCUT2D eigenvalue weighted by atomic mass is 10.0. The molecule has 1 aliphatic heterocycles. The highest BCUT2D eigenvalue weighted by Crippen LogP contribution is 2.54. The molecule has 0 fully saturated rings. The molecule has 0 N–H and O–H groups in total. The minimum atomic E-state index is -3.10. The molecule has 2 aromatic heterocycles. The summed E-state index contributed by atoms with van der Waals surface area (Å²) < 4.78 is 17.7. The minimum absolute atomic E-state index is 0.669. The van der Waals surface area contributed by atoms with Crippen molar-refractivity contribution in [2.45, 2.75) is 0 Å². The third-order valence-electron chi connectivity index (χ3n) is 10.0. The van der Waals surface area contributed by atoms with Gasteiger partial charge in [-0.2, -0.15) is 0 Å². The van der Waals surface area contributed by atoms with Crippen LogP contribution in [0.15, 0.2) is 182 Å². The van der Waals surface area contributed by atoms with E-state index in [2.05, 4.69) is 108 Å². The molecule has 1 unspecified atom stereocenters. The Kier molecular flexibility index (Phi) is 6.74. The maximum Gasteiger partial charge on any atom is 0.172 e. The molecule has 5 heteroatoms. The molecule has 0 amide bonds. The van der Waals surface area contributed by atoms with E-state index < -0.39 is 7.14 Å². The fourth-order valence-corrected chi connectivity index (χ4v) is 10.8. The molecule has 0 saturated heterocycles. The van der Waals surface area contributed by atoms with Crippen molar-refractivity contribution in [3.05, 3.63) is 182 Å². The van der Waals surface area contributed by atoms with Gasteiger partial charge in [0, 0.05) is 54.6 Å². The van der Waals surface area contributed by atoms with Crippen molar-refractivity contribution in [3.8, 4) is 50.7 Å². The van der Waals surface area contributed by atoms with Crippen LogP contribution >= 0.6 is 7.14 Å². The number of aromatic nitrogens is 3. The van der Waals surface area contributed by atoms with Gasteiger partial charge in [0.15, 0.2) is 13.0 Å². The van der Waals surface area contributed by atoms with E-state index in [1.165, 1.54) is 0 Å². The smallest absolute Gasteiger partial charge is 0.172 e. The van der Waals surface area contributed by atoms with E-state index in [-0.39, 0.29) is 0 Å². The van der Waals surface area contributed by atoms with Crippen molar-refractivity contribution in [1.82, 2.24) is 14.5 Å². The number of nitrogens with zero attached hydrogens (tertiary/aromatic N) is 3. The predicted molar refractivity (Wildman–Crippen MR) is 211 cm³/mol. The first kappa shape index (κ1) is 29.6. The van der Waals surface area contributed by atoms with Gasteiger partial charge in [-0.15, -0.1) is 0 Å². The van der Waals surface area contributed by atoms with E-state index in [1.807, 2.05) is 78.9 Å². The summed E-state index contributed by atoms with van der Waals surface area (Å²) in [7, 11) is -3.10. The largest absolute Gasteiger partial charge is 0.309 e. The van der Waals surface area contributed by atoms with Crippen LogP contribution in [0, 0.1) is 0 Å². The highest BCUT2D eigenvalue weighted by atomic mass is 31.2. The molecule has 0 saturated carbocycles. The molecule has 7 aromatic carbocycles. The standard InChI is InChI=1S/C46H30N3OP/c50-51(35-18-8-3-9-19-35)42-23-13-11-21-38(42)44-43(51)29-28-37-36-20-10-12-22-41(36)49(45(37)44)34-26-24-33(25-27-34)46-47-39(31-14-4-1-5-15-31)30-40(48-46)32-16-6-2-7-17-32/h1-30H. The molecule has 10 rings (SSSR count). The summed E-state index contributed by atoms with van der Waals surface area (Å²) in [6, 6.07) is 62.1. The second kappa shape index (κ2) is 11.6. The molecular formula is C46H30N3OP.